The Hall–Kier alpha value is -1.14. The number of rotatable bonds is 8. The molecule has 0 bridgehead atoms. The normalized spacial score (nSPS) is 11.7. The fourth-order valence-electron chi connectivity index (χ4n) is 1.61. The first-order chi connectivity index (χ1) is 8.27. The van der Waals surface area contributed by atoms with Crippen molar-refractivity contribution < 1.29 is 10.2 Å². The lowest BCUT2D eigenvalue weighted by Gasteiger charge is -2.12. The van der Waals surface area contributed by atoms with Crippen LogP contribution in [0.4, 0.5) is 0 Å². The molecule has 1 aromatic rings. The molecule has 0 radical (unpaired) electrons. The third kappa shape index (κ3) is 5.97. The van der Waals surface area contributed by atoms with Crippen molar-refractivity contribution in [1.82, 2.24) is 5.43 Å². The van der Waals surface area contributed by atoms with E-state index < -0.39 is 0 Å². The van der Waals surface area contributed by atoms with Crippen LogP contribution >= 0.6 is 0 Å². The van der Waals surface area contributed by atoms with Crippen molar-refractivity contribution >= 4 is 0 Å². The number of nitrogens with one attached hydrogen (secondary N) is 1. The van der Waals surface area contributed by atoms with Crippen molar-refractivity contribution in [1.29, 1.82) is 0 Å². The van der Waals surface area contributed by atoms with Crippen LogP contribution in [0, 0.1) is 0 Å². The van der Waals surface area contributed by atoms with E-state index in [-0.39, 0.29) is 11.6 Å². The molecule has 0 saturated carbocycles. The smallest absolute Gasteiger partial charge is 0.119 e. The van der Waals surface area contributed by atoms with Crippen LogP contribution in [0.5, 0.6) is 5.75 Å². The summed E-state index contributed by atoms with van der Waals surface area (Å²) in [5.41, 5.74) is 9.21. The predicted molar refractivity (Wildman–Crippen MR) is 73.9 cm³/mol. The summed E-state index contributed by atoms with van der Waals surface area (Å²) in [7, 11) is 0. The Labute approximate surface area is 109 Å². The van der Waals surface area contributed by atoms with Crippen molar-refractivity contribution in [2.45, 2.75) is 38.8 Å². The van der Waals surface area contributed by atoms with E-state index in [1.165, 1.54) is 19.3 Å². The highest BCUT2D eigenvalue weighted by molar-refractivity contribution is 5.30. The van der Waals surface area contributed by atoms with Crippen molar-refractivity contribution in [3.63, 3.8) is 0 Å². The first-order valence-corrected chi connectivity index (χ1v) is 6.22. The molecule has 1 rings (SSSR count). The molecule has 0 aliphatic carbocycles. The minimum absolute atomic E-state index is 0. The lowest BCUT2D eigenvalue weighted by molar-refractivity contribution is 0.304. The van der Waals surface area contributed by atoms with E-state index in [4.69, 9.17) is 16.3 Å². The third-order valence-electron chi connectivity index (χ3n) is 2.66. The summed E-state index contributed by atoms with van der Waals surface area (Å²) in [4.78, 5) is 0. The summed E-state index contributed by atoms with van der Waals surface area (Å²) in [6, 6.07) is 7.71. The van der Waals surface area contributed by atoms with Crippen molar-refractivity contribution in [3.8, 4) is 5.75 Å². The van der Waals surface area contributed by atoms with Gasteiger partial charge in [0.15, 0.2) is 0 Å². The molecule has 0 aliphatic heterocycles. The van der Waals surface area contributed by atoms with Gasteiger partial charge in [0.05, 0.1) is 12.8 Å². The highest BCUT2D eigenvalue weighted by atomic mass is 16.5. The summed E-state index contributed by atoms with van der Waals surface area (Å²) in [6.07, 6.45) is 4.48. The third-order valence-corrected chi connectivity index (χ3v) is 2.66. The maximum absolute atomic E-state index is 5.77. The van der Waals surface area contributed by atoms with Gasteiger partial charge in [-0.1, -0.05) is 38.3 Å². The quantitative estimate of drug-likeness (QED) is 0.281. The van der Waals surface area contributed by atoms with E-state index in [1.807, 2.05) is 24.3 Å². The summed E-state index contributed by atoms with van der Waals surface area (Å²) in [5, 5.41) is 0. The van der Waals surface area contributed by atoms with Gasteiger partial charge in [0.1, 0.15) is 5.75 Å². The van der Waals surface area contributed by atoms with Gasteiger partial charge in [-0.25, -0.2) is 5.43 Å². The van der Waals surface area contributed by atoms with Gasteiger partial charge in [0.25, 0.3) is 0 Å². The van der Waals surface area contributed by atoms with Crippen LogP contribution in [-0.2, 0) is 0 Å². The van der Waals surface area contributed by atoms with Gasteiger partial charge >= 0.3 is 0 Å². The fourth-order valence-corrected chi connectivity index (χ4v) is 1.61. The number of hydrazine groups is 1. The molecular formula is C13H25N3O2. The highest BCUT2D eigenvalue weighted by Gasteiger charge is 2.03. The van der Waals surface area contributed by atoms with Crippen LogP contribution in [0.3, 0.4) is 0 Å². The van der Waals surface area contributed by atoms with Gasteiger partial charge in [0, 0.05) is 0 Å². The lowest BCUT2D eigenvalue weighted by Crippen LogP contribution is -2.34. The molecule has 5 heteroatoms. The van der Waals surface area contributed by atoms with Gasteiger partial charge in [-0.3, -0.25) is 5.84 Å². The standard InChI is InChI=1S/C13H23N3O.H2O/c1-2-3-4-5-9-17-12-8-6-7-11(10-12)13(14)16-15;/h6-8,10,13,16H,2-5,9,14-15H2,1H3;1H2. The zero-order valence-corrected chi connectivity index (χ0v) is 11.0. The van der Waals surface area contributed by atoms with E-state index in [0.29, 0.717) is 0 Å². The zero-order valence-electron chi connectivity index (χ0n) is 11.0. The van der Waals surface area contributed by atoms with Gasteiger partial charge < -0.3 is 15.9 Å². The molecule has 1 aromatic carbocycles. The Morgan fingerprint density at radius 1 is 1.28 bits per heavy atom. The monoisotopic (exact) mass is 255 g/mol. The Morgan fingerprint density at radius 3 is 2.72 bits per heavy atom. The molecule has 0 fully saturated rings. The van der Waals surface area contributed by atoms with E-state index >= 15 is 0 Å². The van der Waals surface area contributed by atoms with Crippen molar-refractivity contribution in [3.05, 3.63) is 29.8 Å². The summed E-state index contributed by atoms with van der Waals surface area (Å²) in [5.74, 6) is 6.14. The van der Waals surface area contributed by atoms with Gasteiger partial charge in [-0.05, 0) is 24.1 Å². The van der Waals surface area contributed by atoms with Crippen molar-refractivity contribution in [2.75, 3.05) is 6.61 Å². The molecule has 0 saturated heterocycles. The van der Waals surface area contributed by atoms with E-state index in [9.17, 15) is 0 Å². The first kappa shape index (κ1) is 16.9. The number of hydrogen-bond donors (Lipinski definition) is 3. The maximum Gasteiger partial charge on any atom is 0.119 e. The lowest BCUT2D eigenvalue weighted by atomic mass is 10.2. The molecule has 7 N–H and O–H groups in total. The Morgan fingerprint density at radius 2 is 2.06 bits per heavy atom. The Balaban J connectivity index is 0.00000289. The van der Waals surface area contributed by atoms with E-state index in [0.717, 1.165) is 24.3 Å². The van der Waals surface area contributed by atoms with Crippen LogP contribution in [-0.4, -0.2) is 12.1 Å². The topological polar surface area (TPSA) is 105 Å². The number of ether oxygens (including phenoxy) is 1. The van der Waals surface area contributed by atoms with Gasteiger partial charge in [0.2, 0.25) is 0 Å². The SMILES string of the molecule is CCCCCCOc1cccc(C(N)NN)c1.O. The summed E-state index contributed by atoms with van der Waals surface area (Å²) >= 11 is 0. The van der Waals surface area contributed by atoms with E-state index in [1.54, 1.807) is 0 Å². The number of nitrogens with two attached hydrogens (primary N) is 2. The van der Waals surface area contributed by atoms with Crippen LogP contribution < -0.4 is 21.7 Å². The Bertz CT molecular complexity index is 321. The summed E-state index contributed by atoms with van der Waals surface area (Å²) < 4.78 is 5.66. The fraction of sp³-hybridized carbons (Fsp3) is 0.538. The molecule has 104 valence electrons. The molecule has 1 atom stereocenters. The predicted octanol–water partition coefficient (Wildman–Crippen LogP) is 1.24. The van der Waals surface area contributed by atoms with Crippen LogP contribution in [0.1, 0.15) is 44.3 Å². The summed E-state index contributed by atoms with van der Waals surface area (Å²) in [6.45, 7) is 2.96. The number of unbranched alkanes of at least 4 members (excludes halogenated alkanes) is 3. The molecular weight excluding hydrogens is 230 g/mol. The van der Waals surface area contributed by atoms with Crippen LogP contribution in [0.15, 0.2) is 24.3 Å². The average Bonchev–Trinajstić information content (AvgIpc) is 2.38. The average molecular weight is 255 g/mol. The first-order valence-electron chi connectivity index (χ1n) is 6.22. The van der Waals surface area contributed by atoms with Crippen LogP contribution in [0.2, 0.25) is 0 Å². The van der Waals surface area contributed by atoms with Crippen LogP contribution in [0.25, 0.3) is 0 Å². The second kappa shape index (κ2) is 9.85. The van der Waals surface area contributed by atoms with E-state index in [2.05, 4.69) is 12.3 Å². The molecule has 1 unspecified atom stereocenters. The highest BCUT2D eigenvalue weighted by Crippen LogP contribution is 2.16. The molecule has 0 heterocycles. The van der Waals surface area contributed by atoms with Gasteiger partial charge in [-0.15, -0.1) is 0 Å². The van der Waals surface area contributed by atoms with Gasteiger partial charge in [-0.2, -0.15) is 0 Å². The molecule has 0 spiro atoms. The Kier molecular flexibility index (Phi) is 9.22. The second-order valence-electron chi connectivity index (χ2n) is 4.13. The minimum atomic E-state index is -0.348. The zero-order chi connectivity index (χ0) is 12.5. The second-order valence-corrected chi connectivity index (χ2v) is 4.13. The number of benzene rings is 1. The molecule has 5 nitrogen and oxygen atoms in total. The largest absolute Gasteiger partial charge is 0.494 e. The number of hydrogen-bond acceptors (Lipinski definition) is 4. The van der Waals surface area contributed by atoms with Crippen molar-refractivity contribution in [2.24, 2.45) is 11.6 Å². The molecule has 0 aromatic heterocycles. The minimum Gasteiger partial charge on any atom is -0.494 e. The molecule has 18 heavy (non-hydrogen) atoms. The maximum atomic E-state index is 5.77. The molecule has 0 amide bonds. The molecule has 0 aliphatic rings.